The Morgan fingerprint density at radius 1 is 1.15 bits per heavy atom. The second-order valence-electron chi connectivity index (χ2n) is 9.35. The van der Waals surface area contributed by atoms with Crippen molar-refractivity contribution >= 4 is 27.6 Å². The molecule has 39 heavy (non-hydrogen) atoms. The van der Waals surface area contributed by atoms with E-state index in [0.29, 0.717) is 6.42 Å². The first-order valence-electron chi connectivity index (χ1n) is 12.0. The molecule has 1 N–H and O–H groups in total. The molecule has 0 aliphatic carbocycles. The zero-order valence-electron chi connectivity index (χ0n) is 20.6. The summed E-state index contributed by atoms with van der Waals surface area (Å²) < 4.78 is 94.5. The minimum Gasteiger partial charge on any atom is -0.495 e. The fraction of sp³-hybridized carbons (Fsp3) is 0.360. The normalized spacial score (nSPS) is 20.5. The predicted molar refractivity (Wildman–Crippen MR) is 133 cm³/mol. The molecule has 3 aromatic rings. The van der Waals surface area contributed by atoms with Crippen LogP contribution in [0.3, 0.4) is 0 Å². The fourth-order valence-electron chi connectivity index (χ4n) is 5.20. The number of ether oxygens (including phenoxy) is 1. The standard InChI is InChI=1S/C25H24F4N4O5S/c1-37-22-12-18(15-3-2-4-17(11-15)25(27,28)29)19(26)13-21(22)33-20-7-9-32(14-16(20)5-6-24(33)34)39(35,36)31-23-8-10-38-30-23/h2-4,8,10-13,16,20H,5-7,9,14H2,1H3,(H,30,31)/t16-,20-/m0/s1. The molecule has 2 saturated heterocycles. The fourth-order valence-corrected chi connectivity index (χ4v) is 6.43. The molecule has 2 fully saturated rings. The van der Waals surface area contributed by atoms with E-state index < -0.39 is 33.8 Å². The van der Waals surface area contributed by atoms with Crippen LogP contribution in [0.15, 0.2) is 53.3 Å². The van der Waals surface area contributed by atoms with Gasteiger partial charge < -0.3 is 14.2 Å². The van der Waals surface area contributed by atoms with Crippen molar-refractivity contribution in [1.29, 1.82) is 0 Å². The minimum atomic E-state index is -4.60. The topological polar surface area (TPSA) is 105 Å². The molecule has 0 saturated carbocycles. The van der Waals surface area contributed by atoms with Crippen LogP contribution in [0.1, 0.15) is 24.8 Å². The van der Waals surface area contributed by atoms with Crippen LogP contribution < -0.4 is 14.4 Å². The number of anilines is 2. The Morgan fingerprint density at radius 2 is 1.95 bits per heavy atom. The minimum absolute atomic E-state index is 0.00755. The zero-order chi connectivity index (χ0) is 27.9. The first-order chi connectivity index (χ1) is 18.5. The van der Waals surface area contributed by atoms with Gasteiger partial charge in [0, 0.05) is 43.2 Å². The summed E-state index contributed by atoms with van der Waals surface area (Å²) in [6.45, 7) is 0.208. The average Bonchev–Trinajstić information content (AvgIpc) is 3.40. The van der Waals surface area contributed by atoms with Crippen LogP contribution in [0.4, 0.5) is 29.1 Å². The SMILES string of the molecule is COc1cc(-c2cccc(C(F)(F)F)c2)c(F)cc1N1C(=O)CC[C@H]2CN(S(=O)(=O)Nc3ccon3)CC[C@@H]21. The van der Waals surface area contributed by atoms with Crippen LogP contribution in [0.2, 0.25) is 0 Å². The number of amides is 1. The first kappa shape index (κ1) is 26.9. The number of nitrogens with zero attached hydrogens (tertiary/aromatic N) is 3. The molecule has 9 nitrogen and oxygen atoms in total. The van der Waals surface area contributed by atoms with E-state index in [2.05, 4.69) is 14.4 Å². The third-order valence-electron chi connectivity index (χ3n) is 7.03. The van der Waals surface area contributed by atoms with E-state index in [1.165, 1.54) is 46.8 Å². The van der Waals surface area contributed by atoms with Gasteiger partial charge in [-0.2, -0.15) is 25.9 Å². The van der Waals surface area contributed by atoms with E-state index >= 15 is 4.39 Å². The van der Waals surface area contributed by atoms with Gasteiger partial charge in [0.2, 0.25) is 5.91 Å². The summed E-state index contributed by atoms with van der Waals surface area (Å²) in [6, 6.07) is 7.60. The van der Waals surface area contributed by atoms with Gasteiger partial charge in [-0.3, -0.25) is 9.52 Å². The van der Waals surface area contributed by atoms with Crippen molar-refractivity contribution in [1.82, 2.24) is 9.46 Å². The van der Waals surface area contributed by atoms with E-state index in [0.717, 1.165) is 18.2 Å². The molecule has 0 bridgehead atoms. The molecule has 2 atom stereocenters. The van der Waals surface area contributed by atoms with Gasteiger partial charge in [-0.1, -0.05) is 17.3 Å². The first-order valence-corrected chi connectivity index (χ1v) is 13.5. The Kier molecular flexibility index (Phi) is 7.01. The molecule has 1 aromatic heterocycles. The van der Waals surface area contributed by atoms with Crippen molar-refractivity contribution in [2.75, 3.05) is 29.8 Å². The van der Waals surface area contributed by atoms with Gasteiger partial charge in [-0.05, 0) is 42.5 Å². The number of nitrogens with one attached hydrogen (secondary N) is 1. The van der Waals surface area contributed by atoms with E-state index in [1.807, 2.05) is 0 Å². The molecule has 14 heteroatoms. The Bertz CT molecular complexity index is 1480. The molecule has 5 rings (SSSR count). The molecule has 0 spiro atoms. The number of alkyl halides is 3. The van der Waals surface area contributed by atoms with E-state index in [1.54, 1.807) is 0 Å². The Hall–Kier alpha value is -3.65. The molecular formula is C25H24F4N4O5S. The predicted octanol–water partition coefficient (Wildman–Crippen LogP) is 4.68. The Morgan fingerprint density at radius 3 is 2.64 bits per heavy atom. The molecule has 3 heterocycles. The third kappa shape index (κ3) is 5.30. The number of carbonyl (C=O) groups excluding carboxylic acids is 1. The van der Waals surface area contributed by atoms with Crippen LogP contribution in [0, 0.1) is 11.7 Å². The Labute approximate surface area is 221 Å². The van der Waals surface area contributed by atoms with Gasteiger partial charge in [-0.15, -0.1) is 0 Å². The highest BCUT2D eigenvalue weighted by Crippen LogP contribution is 2.42. The maximum atomic E-state index is 15.4. The van der Waals surface area contributed by atoms with Crippen LogP contribution in [-0.4, -0.2) is 50.0 Å². The number of halogens is 4. The molecule has 2 aromatic carbocycles. The van der Waals surface area contributed by atoms with Crippen molar-refractivity contribution < 1.29 is 40.0 Å². The number of hydrogen-bond acceptors (Lipinski definition) is 6. The summed E-state index contributed by atoms with van der Waals surface area (Å²) in [5, 5.41) is 3.56. The number of piperidine rings is 2. The van der Waals surface area contributed by atoms with Gasteiger partial charge in [0.15, 0.2) is 5.82 Å². The lowest BCUT2D eigenvalue weighted by molar-refractivity contribution is -0.137. The quantitative estimate of drug-likeness (QED) is 0.433. The van der Waals surface area contributed by atoms with E-state index in [4.69, 9.17) is 4.74 Å². The zero-order valence-corrected chi connectivity index (χ0v) is 21.4. The van der Waals surface area contributed by atoms with Crippen molar-refractivity contribution in [3.05, 3.63) is 60.1 Å². The summed E-state index contributed by atoms with van der Waals surface area (Å²) in [7, 11) is -2.61. The van der Waals surface area contributed by atoms with Gasteiger partial charge in [0.05, 0.1) is 18.4 Å². The van der Waals surface area contributed by atoms with Crippen molar-refractivity contribution in [3.8, 4) is 16.9 Å². The van der Waals surface area contributed by atoms with Gasteiger partial charge in [0.1, 0.15) is 17.8 Å². The summed E-state index contributed by atoms with van der Waals surface area (Å²) in [5.41, 5.74) is -0.880. The van der Waals surface area contributed by atoms with Gasteiger partial charge in [-0.25, -0.2) is 4.39 Å². The number of fused-ring (bicyclic) bond motifs is 1. The maximum Gasteiger partial charge on any atom is 0.416 e. The Balaban J connectivity index is 1.44. The largest absolute Gasteiger partial charge is 0.495 e. The number of aromatic nitrogens is 1. The average molecular weight is 569 g/mol. The van der Waals surface area contributed by atoms with Crippen molar-refractivity contribution in [2.24, 2.45) is 5.92 Å². The van der Waals surface area contributed by atoms with Gasteiger partial charge >= 0.3 is 16.4 Å². The lowest BCUT2D eigenvalue weighted by atomic mass is 9.84. The highest BCUT2D eigenvalue weighted by molar-refractivity contribution is 7.90. The summed E-state index contributed by atoms with van der Waals surface area (Å²) in [6.07, 6.45) is -2.55. The second kappa shape index (κ2) is 10.2. The molecule has 1 amide bonds. The van der Waals surface area contributed by atoms with Crippen LogP contribution >= 0.6 is 0 Å². The summed E-state index contributed by atoms with van der Waals surface area (Å²) in [4.78, 5) is 14.5. The highest BCUT2D eigenvalue weighted by Gasteiger charge is 2.44. The van der Waals surface area contributed by atoms with E-state index in [9.17, 15) is 26.4 Å². The second-order valence-corrected chi connectivity index (χ2v) is 11.0. The lowest BCUT2D eigenvalue weighted by Crippen LogP contribution is -2.57. The highest BCUT2D eigenvalue weighted by atomic mass is 32.2. The summed E-state index contributed by atoms with van der Waals surface area (Å²) in [5.74, 6) is -1.20. The van der Waals surface area contributed by atoms with E-state index in [-0.39, 0.29) is 66.1 Å². The molecule has 2 aliphatic heterocycles. The van der Waals surface area contributed by atoms with Gasteiger partial charge in [0.25, 0.3) is 0 Å². The van der Waals surface area contributed by atoms with Crippen LogP contribution in [-0.2, 0) is 21.2 Å². The number of rotatable bonds is 6. The molecule has 0 radical (unpaired) electrons. The van der Waals surface area contributed by atoms with Crippen molar-refractivity contribution in [3.63, 3.8) is 0 Å². The smallest absolute Gasteiger partial charge is 0.416 e. The molecular weight excluding hydrogens is 544 g/mol. The third-order valence-corrected chi connectivity index (χ3v) is 8.50. The van der Waals surface area contributed by atoms with Crippen molar-refractivity contribution in [2.45, 2.75) is 31.5 Å². The maximum absolute atomic E-state index is 15.4. The van der Waals surface area contributed by atoms with Crippen LogP contribution in [0.5, 0.6) is 5.75 Å². The monoisotopic (exact) mass is 568 g/mol. The summed E-state index contributed by atoms with van der Waals surface area (Å²) >= 11 is 0. The lowest BCUT2D eigenvalue weighted by Gasteiger charge is -2.46. The molecule has 208 valence electrons. The number of hydrogen-bond donors (Lipinski definition) is 1. The molecule has 2 aliphatic rings. The number of carbonyl (C=O) groups is 1. The van der Waals surface area contributed by atoms with Crippen LogP contribution in [0.25, 0.3) is 11.1 Å². The number of methoxy groups -OCH3 is 1. The number of benzene rings is 2. The molecule has 0 unspecified atom stereocenters.